The van der Waals surface area contributed by atoms with Crippen LogP contribution in [0, 0.1) is 6.92 Å². The standard InChI is InChI=1S/C14H18O2/c1-4-12(3)16-14(15)10-9-13-7-5-11(2)6-8-13/h5-10,12H,4H2,1-3H3. The van der Waals surface area contributed by atoms with Gasteiger partial charge in [0.05, 0.1) is 6.10 Å². The van der Waals surface area contributed by atoms with Gasteiger partial charge in [0.1, 0.15) is 0 Å². The first kappa shape index (κ1) is 12.5. The van der Waals surface area contributed by atoms with Crippen molar-refractivity contribution in [2.24, 2.45) is 0 Å². The van der Waals surface area contributed by atoms with Crippen molar-refractivity contribution >= 4 is 12.0 Å². The zero-order valence-corrected chi connectivity index (χ0v) is 10.1. The SMILES string of the molecule is CCC(C)OC(=O)C=Cc1ccc(C)cc1. The zero-order valence-electron chi connectivity index (χ0n) is 10.1. The van der Waals surface area contributed by atoms with Gasteiger partial charge in [0, 0.05) is 6.08 Å². The second-order valence-electron chi connectivity index (χ2n) is 3.90. The summed E-state index contributed by atoms with van der Waals surface area (Å²) in [7, 11) is 0. The van der Waals surface area contributed by atoms with Crippen LogP contribution in [0.25, 0.3) is 6.08 Å². The molecule has 1 unspecified atom stereocenters. The molecule has 16 heavy (non-hydrogen) atoms. The molecule has 2 heteroatoms. The van der Waals surface area contributed by atoms with Crippen molar-refractivity contribution in [2.75, 3.05) is 0 Å². The number of aryl methyl sites for hydroxylation is 1. The van der Waals surface area contributed by atoms with E-state index in [0.717, 1.165) is 12.0 Å². The van der Waals surface area contributed by atoms with E-state index in [1.807, 2.05) is 45.0 Å². The maximum absolute atomic E-state index is 11.3. The highest BCUT2D eigenvalue weighted by molar-refractivity contribution is 5.87. The second-order valence-corrected chi connectivity index (χ2v) is 3.90. The third-order valence-corrected chi connectivity index (χ3v) is 2.38. The summed E-state index contributed by atoms with van der Waals surface area (Å²) in [4.78, 5) is 11.3. The van der Waals surface area contributed by atoms with Crippen molar-refractivity contribution < 1.29 is 9.53 Å². The molecule has 0 saturated carbocycles. The normalized spacial score (nSPS) is 12.7. The molecule has 0 radical (unpaired) electrons. The Morgan fingerprint density at radius 3 is 2.56 bits per heavy atom. The molecule has 0 saturated heterocycles. The van der Waals surface area contributed by atoms with Crippen LogP contribution in [0.4, 0.5) is 0 Å². The smallest absolute Gasteiger partial charge is 0.331 e. The van der Waals surface area contributed by atoms with Gasteiger partial charge in [-0.25, -0.2) is 4.79 Å². The maximum Gasteiger partial charge on any atom is 0.331 e. The molecule has 0 heterocycles. The first-order valence-electron chi connectivity index (χ1n) is 5.57. The lowest BCUT2D eigenvalue weighted by atomic mass is 10.1. The van der Waals surface area contributed by atoms with E-state index in [1.165, 1.54) is 11.6 Å². The third kappa shape index (κ3) is 4.30. The van der Waals surface area contributed by atoms with Crippen molar-refractivity contribution in [3.63, 3.8) is 0 Å². The van der Waals surface area contributed by atoms with Gasteiger partial charge >= 0.3 is 5.97 Å². The van der Waals surface area contributed by atoms with Crippen molar-refractivity contribution in [1.29, 1.82) is 0 Å². The van der Waals surface area contributed by atoms with Gasteiger partial charge in [-0.2, -0.15) is 0 Å². The van der Waals surface area contributed by atoms with Gasteiger partial charge in [0.25, 0.3) is 0 Å². The van der Waals surface area contributed by atoms with Gasteiger partial charge in [-0.1, -0.05) is 36.8 Å². The fourth-order valence-corrected chi connectivity index (χ4v) is 1.16. The van der Waals surface area contributed by atoms with E-state index in [0.29, 0.717) is 0 Å². The first-order chi connectivity index (χ1) is 7.61. The molecule has 1 rings (SSSR count). The number of rotatable bonds is 4. The highest BCUT2D eigenvalue weighted by Gasteiger charge is 2.02. The summed E-state index contributed by atoms with van der Waals surface area (Å²) in [6.07, 6.45) is 4.06. The summed E-state index contributed by atoms with van der Waals surface area (Å²) in [5, 5.41) is 0. The van der Waals surface area contributed by atoms with Gasteiger partial charge in [0.15, 0.2) is 0 Å². The van der Waals surface area contributed by atoms with Crippen molar-refractivity contribution in [2.45, 2.75) is 33.3 Å². The van der Waals surface area contributed by atoms with Crippen molar-refractivity contribution in [3.05, 3.63) is 41.5 Å². The lowest BCUT2D eigenvalue weighted by Crippen LogP contribution is -2.11. The third-order valence-electron chi connectivity index (χ3n) is 2.38. The second kappa shape index (κ2) is 6.11. The van der Waals surface area contributed by atoms with E-state index in [4.69, 9.17) is 4.74 Å². The van der Waals surface area contributed by atoms with Crippen LogP contribution in [-0.4, -0.2) is 12.1 Å². The van der Waals surface area contributed by atoms with E-state index < -0.39 is 0 Å². The fourth-order valence-electron chi connectivity index (χ4n) is 1.16. The molecule has 1 aromatic carbocycles. The molecular formula is C14H18O2. The van der Waals surface area contributed by atoms with Crippen LogP contribution >= 0.6 is 0 Å². The minimum absolute atomic E-state index is 0.0184. The van der Waals surface area contributed by atoms with Gasteiger partial charge in [-0.15, -0.1) is 0 Å². The average Bonchev–Trinajstić information content (AvgIpc) is 2.28. The number of hydrogen-bond donors (Lipinski definition) is 0. The molecule has 0 fully saturated rings. The molecule has 0 amide bonds. The average molecular weight is 218 g/mol. The molecule has 1 aromatic rings. The van der Waals surface area contributed by atoms with Gasteiger partial charge in [-0.3, -0.25) is 0 Å². The summed E-state index contributed by atoms with van der Waals surface area (Å²) < 4.78 is 5.12. The minimum atomic E-state index is -0.282. The Labute approximate surface area is 96.9 Å². The van der Waals surface area contributed by atoms with Gasteiger partial charge in [0.2, 0.25) is 0 Å². The molecule has 0 spiro atoms. The van der Waals surface area contributed by atoms with E-state index in [9.17, 15) is 4.79 Å². The molecule has 0 aromatic heterocycles. The number of esters is 1. The molecule has 0 bridgehead atoms. The molecule has 2 nitrogen and oxygen atoms in total. The van der Waals surface area contributed by atoms with E-state index >= 15 is 0 Å². The van der Waals surface area contributed by atoms with Crippen LogP contribution in [0.3, 0.4) is 0 Å². The molecule has 0 aliphatic heterocycles. The predicted octanol–water partition coefficient (Wildman–Crippen LogP) is 3.35. The molecule has 0 aliphatic carbocycles. The summed E-state index contributed by atoms with van der Waals surface area (Å²) in [6.45, 7) is 5.91. The number of hydrogen-bond acceptors (Lipinski definition) is 2. The maximum atomic E-state index is 11.3. The highest BCUT2D eigenvalue weighted by atomic mass is 16.5. The molecule has 1 atom stereocenters. The Bertz CT molecular complexity index is 363. The minimum Gasteiger partial charge on any atom is -0.460 e. The van der Waals surface area contributed by atoms with Crippen LogP contribution < -0.4 is 0 Å². The predicted molar refractivity (Wildman–Crippen MR) is 66.1 cm³/mol. The Balaban J connectivity index is 2.53. The first-order valence-corrected chi connectivity index (χ1v) is 5.57. The number of benzene rings is 1. The van der Waals surface area contributed by atoms with Crippen LogP contribution in [0.1, 0.15) is 31.4 Å². The van der Waals surface area contributed by atoms with Gasteiger partial charge < -0.3 is 4.74 Å². The van der Waals surface area contributed by atoms with E-state index in [1.54, 1.807) is 6.08 Å². The van der Waals surface area contributed by atoms with Gasteiger partial charge in [-0.05, 0) is 31.9 Å². The number of ether oxygens (including phenoxy) is 1. The van der Waals surface area contributed by atoms with Crippen LogP contribution in [0.5, 0.6) is 0 Å². The zero-order chi connectivity index (χ0) is 12.0. The summed E-state index contributed by atoms with van der Waals surface area (Å²) in [6, 6.07) is 7.98. The quantitative estimate of drug-likeness (QED) is 0.572. The number of carbonyl (C=O) groups is 1. The summed E-state index contributed by atoms with van der Waals surface area (Å²) >= 11 is 0. The van der Waals surface area contributed by atoms with Crippen LogP contribution in [0.2, 0.25) is 0 Å². The largest absolute Gasteiger partial charge is 0.460 e. The van der Waals surface area contributed by atoms with Crippen molar-refractivity contribution in [1.82, 2.24) is 0 Å². The monoisotopic (exact) mass is 218 g/mol. The summed E-state index contributed by atoms with van der Waals surface area (Å²) in [5.41, 5.74) is 2.21. The van der Waals surface area contributed by atoms with Crippen molar-refractivity contribution in [3.8, 4) is 0 Å². The fraction of sp³-hybridized carbons (Fsp3) is 0.357. The highest BCUT2D eigenvalue weighted by Crippen LogP contribution is 2.05. The molecule has 0 N–H and O–H groups in total. The Kier molecular flexibility index (Phi) is 4.77. The van der Waals surface area contributed by atoms with Crippen LogP contribution in [0.15, 0.2) is 30.3 Å². The van der Waals surface area contributed by atoms with E-state index in [2.05, 4.69) is 0 Å². The topological polar surface area (TPSA) is 26.3 Å². The van der Waals surface area contributed by atoms with E-state index in [-0.39, 0.29) is 12.1 Å². The Morgan fingerprint density at radius 2 is 2.00 bits per heavy atom. The Morgan fingerprint density at radius 1 is 1.38 bits per heavy atom. The summed E-state index contributed by atoms with van der Waals surface area (Å²) in [5.74, 6) is -0.282. The Hall–Kier alpha value is -1.57. The number of carbonyl (C=O) groups excluding carboxylic acids is 1. The molecule has 86 valence electrons. The molecule has 0 aliphatic rings. The molecular weight excluding hydrogens is 200 g/mol. The lowest BCUT2D eigenvalue weighted by Gasteiger charge is -2.07. The lowest BCUT2D eigenvalue weighted by molar-refractivity contribution is -0.142. The van der Waals surface area contributed by atoms with Crippen LogP contribution in [-0.2, 0) is 9.53 Å².